The highest BCUT2D eigenvalue weighted by atomic mass is 15.1. The van der Waals surface area contributed by atoms with E-state index in [1.165, 1.54) is 99.7 Å². The Kier molecular flexibility index (Phi) is 5.88. The van der Waals surface area contributed by atoms with Gasteiger partial charge in [-0.3, -0.25) is 0 Å². The lowest BCUT2D eigenvalue weighted by atomic mass is 9.27. The van der Waals surface area contributed by atoms with Crippen LogP contribution in [-0.2, 0) is 16.2 Å². The zero-order valence-electron chi connectivity index (χ0n) is 31.6. The van der Waals surface area contributed by atoms with Gasteiger partial charge in [0.2, 0.25) is 0 Å². The van der Waals surface area contributed by atoms with E-state index in [2.05, 4.69) is 160 Å². The van der Waals surface area contributed by atoms with Gasteiger partial charge in [0.1, 0.15) is 0 Å². The predicted octanol–water partition coefficient (Wildman–Crippen LogP) is 13.7. The lowest BCUT2D eigenvalue weighted by molar-refractivity contribution is -0.231. The summed E-state index contributed by atoms with van der Waals surface area (Å²) >= 11 is 0. The second kappa shape index (κ2) is 10.1. The normalized spacial score (nSPS) is 29.9. The van der Waals surface area contributed by atoms with Crippen LogP contribution < -0.4 is 4.90 Å². The molecule has 6 aliphatic rings. The van der Waals surface area contributed by atoms with Gasteiger partial charge in [-0.2, -0.15) is 0 Å². The van der Waals surface area contributed by atoms with Gasteiger partial charge in [-0.1, -0.05) is 119 Å². The van der Waals surface area contributed by atoms with Crippen LogP contribution in [-0.4, -0.2) is 0 Å². The zero-order valence-corrected chi connectivity index (χ0v) is 31.6. The molecule has 6 aromatic rings. The van der Waals surface area contributed by atoms with Crippen molar-refractivity contribution < 1.29 is 0 Å². The minimum atomic E-state index is 0.137. The molecule has 0 aliphatic heterocycles. The minimum Gasteiger partial charge on any atom is -0.310 e. The van der Waals surface area contributed by atoms with Crippen LogP contribution in [0.2, 0.25) is 0 Å². The van der Waals surface area contributed by atoms with E-state index >= 15 is 0 Å². The molecule has 12 rings (SSSR count). The quantitative estimate of drug-likeness (QED) is 0.178. The maximum absolute atomic E-state index is 2.56. The molecule has 53 heavy (non-hydrogen) atoms. The highest BCUT2D eigenvalue weighted by Crippen LogP contribution is 2.89. The number of fused-ring (bicyclic) bond motifs is 10. The minimum absolute atomic E-state index is 0.137. The molecule has 0 saturated heterocycles. The van der Waals surface area contributed by atoms with E-state index in [9.17, 15) is 0 Å². The molecule has 6 aromatic carbocycles. The summed E-state index contributed by atoms with van der Waals surface area (Å²) in [7, 11) is 0. The second-order valence-electron chi connectivity index (χ2n) is 19.2. The molecule has 0 heterocycles. The maximum atomic E-state index is 2.56. The van der Waals surface area contributed by atoms with Crippen molar-refractivity contribution in [1.82, 2.24) is 0 Å². The third-order valence-electron chi connectivity index (χ3n) is 16.2. The van der Waals surface area contributed by atoms with E-state index in [-0.39, 0.29) is 16.2 Å². The Hall–Kier alpha value is -4.62. The van der Waals surface area contributed by atoms with Gasteiger partial charge in [-0.05, 0) is 165 Å². The Balaban J connectivity index is 0.965. The first-order valence-electron chi connectivity index (χ1n) is 20.5. The highest BCUT2D eigenvalue weighted by Gasteiger charge is 2.84. The average molecular weight is 688 g/mol. The van der Waals surface area contributed by atoms with Crippen molar-refractivity contribution in [1.29, 1.82) is 0 Å². The Bertz CT molecular complexity index is 2510. The molecule has 4 fully saturated rings. The van der Waals surface area contributed by atoms with Crippen LogP contribution in [0.25, 0.3) is 33.0 Å². The van der Waals surface area contributed by atoms with Crippen molar-refractivity contribution in [3.05, 3.63) is 150 Å². The SMILES string of the molecule is CC1(C)CCC(C)(C)c2cc(N(c3ccc(-c4ccc5c(c4)-c4ccccc4C54C5CC6CC7CC4C75C6)cc3)c3cccc4ccccc34)ccc21. The van der Waals surface area contributed by atoms with Gasteiger partial charge in [0.25, 0.3) is 0 Å². The molecule has 0 amide bonds. The first-order chi connectivity index (χ1) is 25.7. The van der Waals surface area contributed by atoms with Gasteiger partial charge >= 0.3 is 0 Å². The number of nitrogens with zero attached hydrogens (tertiary/aromatic N) is 1. The number of benzene rings is 6. The zero-order chi connectivity index (χ0) is 35.5. The largest absolute Gasteiger partial charge is 0.310 e. The van der Waals surface area contributed by atoms with Crippen molar-refractivity contribution >= 4 is 27.8 Å². The standard InChI is InChI=1S/C52H49N/c1-49(2)24-25-50(3,4)45-30-38(21-23-44(45)49)53(46-15-9-11-34-10-5-6-12-39(34)46)37-19-16-33(17-20-37)35-18-22-43-41(28-35)40-13-7-8-14-42(40)52(43)47-27-32-26-36-29-48(52)51(36,47)31-32/h5-23,28,30,32,36,47-48H,24-27,29,31H2,1-4H3. The van der Waals surface area contributed by atoms with Crippen molar-refractivity contribution in [2.24, 2.45) is 29.1 Å². The monoisotopic (exact) mass is 687 g/mol. The summed E-state index contributed by atoms with van der Waals surface area (Å²) < 4.78 is 0. The van der Waals surface area contributed by atoms with Crippen LogP contribution in [0.3, 0.4) is 0 Å². The van der Waals surface area contributed by atoms with E-state index in [1.54, 1.807) is 11.1 Å². The van der Waals surface area contributed by atoms with Gasteiger partial charge in [0.15, 0.2) is 0 Å². The molecule has 6 atom stereocenters. The lowest BCUT2D eigenvalue weighted by Crippen LogP contribution is -2.73. The highest BCUT2D eigenvalue weighted by molar-refractivity contribution is 5.99. The molecule has 1 nitrogen and oxygen atoms in total. The maximum Gasteiger partial charge on any atom is 0.0540 e. The van der Waals surface area contributed by atoms with Gasteiger partial charge in [0, 0.05) is 22.2 Å². The van der Waals surface area contributed by atoms with Gasteiger partial charge < -0.3 is 4.90 Å². The molecule has 6 aliphatic carbocycles. The summed E-state index contributed by atoms with van der Waals surface area (Å²) in [5, 5.41) is 2.54. The third kappa shape index (κ3) is 3.75. The molecular weight excluding hydrogens is 639 g/mol. The van der Waals surface area contributed by atoms with Gasteiger partial charge in [0.05, 0.1) is 5.69 Å². The van der Waals surface area contributed by atoms with Crippen molar-refractivity contribution in [2.75, 3.05) is 4.90 Å². The van der Waals surface area contributed by atoms with Crippen molar-refractivity contribution in [2.45, 2.75) is 82.5 Å². The van der Waals surface area contributed by atoms with E-state index in [4.69, 9.17) is 0 Å². The Morgan fingerprint density at radius 2 is 1.21 bits per heavy atom. The fourth-order valence-corrected chi connectivity index (χ4v) is 13.9. The van der Waals surface area contributed by atoms with Crippen LogP contribution >= 0.6 is 0 Å². The summed E-state index contributed by atoms with van der Waals surface area (Å²) in [5.41, 5.74) is 16.8. The fourth-order valence-electron chi connectivity index (χ4n) is 13.9. The number of hydrogen-bond donors (Lipinski definition) is 0. The fraction of sp³-hybridized carbons (Fsp3) is 0.346. The molecule has 0 N–H and O–H groups in total. The molecule has 6 unspecified atom stereocenters. The van der Waals surface area contributed by atoms with Crippen LogP contribution in [0.5, 0.6) is 0 Å². The van der Waals surface area contributed by atoms with E-state index < -0.39 is 0 Å². The molecule has 0 aromatic heterocycles. The second-order valence-corrected chi connectivity index (χ2v) is 19.2. The Morgan fingerprint density at radius 1 is 0.528 bits per heavy atom. The van der Waals surface area contributed by atoms with Crippen LogP contribution in [0.1, 0.15) is 88.5 Å². The van der Waals surface area contributed by atoms with E-state index in [0.717, 1.165) is 23.7 Å². The van der Waals surface area contributed by atoms with E-state index in [1.807, 2.05) is 0 Å². The lowest BCUT2D eigenvalue weighted by Gasteiger charge is -2.76. The summed E-state index contributed by atoms with van der Waals surface area (Å²) in [6.45, 7) is 9.71. The van der Waals surface area contributed by atoms with Crippen LogP contribution in [0.4, 0.5) is 17.1 Å². The van der Waals surface area contributed by atoms with E-state index in [0.29, 0.717) is 5.41 Å². The summed E-state index contributed by atoms with van der Waals surface area (Å²) in [5.74, 6) is 3.70. The first kappa shape index (κ1) is 30.8. The van der Waals surface area contributed by atoms with Gasteiger partial charge in [-0.25, -0.2) is 0 Å². The summed E-state index contributed by atoms with van der Waals surface area (Å²) in [4.78, 5) is 2.50. The number of hydrogen-bond acceptors (Lipinski definition) is 1. The summed E-state index contributed by atoms with van der Waals surface area (Å²) in [6, 6.07) is 49.4. The number of anilines is 3. The molecule has 4 saturated carbocycles. The Morgan fingerprint density at radius 3 is 2.06 bits per heavy atom. The number of rotatable bonds is 4. The van der Waals surface area contributed by atoms with Gasteiger partial charge in [-0.15, -0.1) is 0 Å². The molecule has 2 spiro atoms. The third-order valence-corrected chi connectivity index (χ3v) is 16.2. The topological polar surface area (TPSA) is 3.24 Å². The first-order valence-corrected chi connectivity index (χ1v) is 20.5. The molecular formula is C52H49N. The van der Waals surface area contributed by atoms with Crippen molar-refractivity contribution in [3.63, 3.8) is 0 Å². The van der Waals surface area contributed by atoms with Crippen LogP contribution in [0, 0.1) is 29.1 Å². The predicted molar refractivity (Wildman–Crippen MR) is 220 cm³/mol. The summed E-state index contributed by atoms with van der Waals surface area (Å²) in [6.07, 6.45) is 8.38. The Labute approximate surface area is 315 Å². The molecule has 262 valence electrons. The smallest absolute Gasteiger partial charge is 0.0540 e. The van der Waals surface area contributed by atoms with Crippen molar-refractivity contribution in [3.8, 4) is 22.3 Å². The van der Waals surface area contributed by atoms with Crippen LogP contribution in [0.15, 0.2) is 127 Å². The molecule has 1 heteroatoms. The molecule has 2 bridgehead atoms. The molecule has 0 radical (unpaired) electrons. The average Bonchev–Trinajstić information content (AvgIpc) is 3.81.